The average molecular weight is 900 g/mol. The lowest BCUT2D eigenvalue weighted by Gasteiger charge is -2.53. The highest BCUT2D eigenvalue weighted by molar-refractivity contribution is 7.45. The second-order valence-corrected chi connectivity index (χ2v) is 21.6. The molecule has 1 aliphatic rings. The maximum atomic E-state index is 12.9. The number of hydroxylamine groups is 2. The molecule has 1 rings (SSSR count). The second-order valence-electron chi connectivity index (χ2n) is 20.2. The maximum Gasteiger partial charge on any atom is 0.306 e. The summed E-state index contributed by atoms with van der Waals surface area (Å²) < 4.78 is 35.0. The van der Waals surface area contributed by atoms with Crippen molar-refractivity contribution in [3.63, 3.8) is 0 Å². The standard InChI is InChI=1S/C50H96N2O9P/c1-9-11-13-15-17-19-21-23-24-26-28-30-32-34-36-38-48(54)61-46(43-58-47(53)37-35-33-31-29-27-25-22-20-18-16-14-12-10-2)44-60-62(56,57)59-40-39-52(7,8)45-41-49(3,4)51(55)50(5,6)42-45/h23-24,45-46H,9-22,25-44H2,1-8H3/b24-23+/t46-/m1/s1. The van der Waals surface area contributed by atoms with E-state index in [-0.39, 0.29) is 32.1 Å². The van der Waals surface area contributed by atoms with Crippen LogP contribution in [0.15, 0.2) is 12.2 Å². The van der Waals surface area contributed by atoms with Crippen LogP contribution in [0, 0.1) is 0 Å². The Morgan fingerprint density at radius 1 is 0.645 bits per heavy atom. The van der Waals surface area contributed by atoms with E-state index in [2.05, 4.69) is 26.0 Å². The topological polar surface area (TPSA) is 134 Å². The Balaban J connectivity index is 2.53. The predicted octanol–water partition coefficient (Wildman–Crippen LogP) is 12.9. The molecule has 0 saturated carbocycles. The summed E-state index contributed by atoms with van der Waals surface area (Å²) in [5.41, 5.74) is -1.10. The van der Waals surface area contributed by atoms with Crippen molar-refractivity contribution in [3.05, 3.63) is 12.2 Å². The second kappa shape index (κ2) is 34.0. The van der Waals surface area contributed by atoms with Crippen LogP contribution >= 0.6 is 7.82 Å². The zero-order chi connectivity index (χ0) is 46.2. The van der Waals surface area contributed by atoms with Crippen LogP contribution in [0.1, 0.15) is 234 Å². The summed E-state index contributed by atoms with van der Waals surface area (Å²) >= 11 is 0. The minimum atomic E-state index is -4.78. The lowest BCUT2D eigenvalue weighted by molar-refractivity contribution is -0.918. The van der Waals surface area contributed by atoms with E-state index in [1.54, 1.807) is 0 Å². The van der Waals surface area contributed by atoms with E-state index < -0.39 is 43.6 Å². The molecule has 365 valence electrons. The zero-order valence-electron chi connectivity index (χ0n) is 41.4. The molecule has 2 atom stereocenters. The molecule has 0 aromatic heterocycles. The molecule has 1 radical (unpaired) electrons. The number of quaternary nitrogens is 1. The van der Waals surface area contributed by atoms with Crippen molar-refractivity contribution in [1.82, 2.24) is 5.06 Å². The number of phosphoric ester groups is 1. The number of esters is 2. The van der Waals surface area contributed by atoms with E-state index in [4.69, 9.17) is 18.5 Å². The van der Waals surface area contributed by atoms with E-state index in [1.165, 1.54) is 108 Å². The third-order valence-corrected chi connectivity index (χ3v) is 13.7. The van der Waals surface area contributed by atoms with Crippen molar-refractivity contribution >= 4 is 19.8 Å². The highest BCUT2D eigenvalue weighted by Crippen LogP contribution is 2.42. The van der Waals surface area contributed by atoms with Gasteiger partial charge in [0.2, 0.25) is 0 Å². The minimum absolute atomic E-state index is 0.111. The van der Waals surface area contributed by atoms with Gasteiger partial charge in [0.25, 0.3) is 7.82 Å². The van der Waals surface area contributed by atoms with Gasteiger partial charge in [-0.25, -0.2) is 0 Å². The summed E-state index contributed by atoms with van der Waals surface area (Å²) in [7, 11) is -0.731. The first-order chi connectivity index (χ1) is 29.5. The largest absolute Gasteiger partial charge is 0.756 e. The number of nitrogens with zero attached hydrogens (tertiary/aromatic N) is 2. The number of unbranched alkanes of at least 4 members (excludes halogenated alkanes) is 23. The zero-order valence-corrected chi connectivity index (χ0v) is 42.3. The number of ether oxygens (including phenoxy) is 2. The normalized spacial score (nSPS) is 17.3. The van der Waals surface area contributed by atoms with Crippen LogP contribution in [0.4, 0.5) is 0 Å². The van der Waals surface area contributed by atoms with E-state index in [9.17, 15) is 24.3 Å². The molecule has 1 saturated heterocycles. The number of rotatable bonds is 40. The number of carbonyl (C=O) groups is 2. The first-order valence-corrected chi connectivity index (χ1v) is 26.8. The Bertz CT molecular complexity index is 1210. The molecule has 0 bridgehead atoms. The van der Waals surface area contributed by atoms with Crippen molar-refractivity contribution in [3.8, 4) is 0 Å². The van der Waals surface area contributed by atoms with Gasteiger partial charge in [0.1, 0.15) is 19.8 Å². The Labute approximate surface area is 381 Å². The molecular weight excluding hydrogens is 804 g/mol. The SMILES string of the molecule is CCCCCCCC/C=C/CCCCCCCC(=O)O[C@H](COC(=O)CCCCCCCCCCCCCCC)COP(=O)([O-])OCC[N+](C)(C)C1CC(C)(C)N([O])C(C)(C)C1. The smallest absolute Gasteiger partial charge is 0.306 e. The van der Waals surface area contributed by atoms with Gasteiger partial charge >= 0.3 is 11.9 Å². The Hall–Kier alpha value is -1.33. The lowest BCUT2D eigenvalue weighted by atomic mass is 9.77. The molecule has 0 aliphatic carbocycles. The minimum Gasteiger partial charge on any atom is -0.756 e. The van der Waals surface area contributed by atoms with Gasteiger partial charge in [0.15, 0.2) is 6.10 Å². The van der Waals surface area contributed by atoms with Crippen molar-refractivity contribution < 1.29 is 47.3 Å². The summed E-state index contributed by atoms with van der Waals surface area (Å²) in [5, 5.41) is 14.1. The van der Waals surface area contributed by atoms with E-state index in [1.807, 2.05) is 41.8 Å². The molecule has 0 aromatic rings. The van der Waals surface area contributed by atoms with Crippen molar-refractivity contribution in [2.75, 3.05) is 40.5 Å². The molecule has 11 nitrogen and oxygen atoms in total. The molecule has 1 aliphatic heterocycles. The van der Waals surface area contributed by atoms with E-state index in [0.717, 1.165) is 57.8 Å². The average Bonchev–Trinajstić information content (AvgIpc) is 3.20. The highest BCUT2D eigenvalue weighted by atomic mass is 31.2. The first-order valence-electron chi connectivity index (χ1n) is 25.4. The fraction of sp³-hybridized carbons (Fsp3) is 0.920. The molecule has 1 fully saturated rings. The number of carbonyl (C=O) groups excluding carboxylic acids is 2. The van der Waals surface area contributed by atoms with Gasteiger partial charge in [-0.3, -0.25) is 14.2 Å². The summed E-state index contributed by atoms with van der Waals surface area (Å²) in [5.74, 6) is -0.874. The van der Waals surface area contributed by atoms with Crippen LogP contribution in [0.3, 0.4) is 0 Å². The number of phosphoric acid groups is 1. The first kappa shape index (κ1) is 58.7. The monoisotopic (exact) mass is 900 g/mol. The molecule has 0 amide bonds. The third kappa shape index (κ3) is 29.3. The van der Waals surface area contributed by atoms with Gasteiger partial charge in [-0.15, -0.1) is 10.3 Å². The Morgan fingerprint density at radius 3 is 1.50 bits per heavy atom. The van der Waals surface area contributed by atoms with Crippen LogP contribution in [0.2, 0.25) is 0 Å². The number of hydrogen-bond acceptors (Lipinski definition) is 9. The molecular formula is C50H96N2O9P. The highest BCUT2D eigenvalue weighted by Gasteiger charge is 2.50. The van der Waals surface area contributed by atoms with Gasteiger partial charge in [-0.2, -0.15) is 0 Å². The van der Waals surface area contributed by atoms with Crippen LogP contribution in [-0.4, -0.2) is 85.2 Å². The third-order valence-electron chi connectivity index (χ3n) is 12.7. The molecule has 0 aromatic carbocycles. The van der Waals surface area contributed by atoms with Gasteiger partial charge < -0.3 is 27.9 Å². The molecule has 12 heteroatoms. The predicted molar refractivity (Wildman–Crippen MR) is 251 cm³/mol. The van der Waals surface area contributed by atoms with Crippen LogP contribution < -0.4 is 4.89 Å². The quantitative estimate of drug-likeness (QED) is 0.0194. The Kier molecular flexibility index (Phi) is 32.2. The number of likely N-dealkylation sites (N-methyl/N-ethyl adjacent to an activating group) is 1. The van der Waals surface area contributed by atoms with Gasteiger partial charge in [0, 0.05) is 36.8 Å². The molecule has 1 heterocycles. The van der Waals surface area contributed by atoms with Crippen molar-refractivity contribution in [2.24, 2.45) is 0 Å². The molecule has 1 unspecified atom stereocenters. The number of allylic oxidation sites excluding steroid dienone is 2. The van der Waals surface area contributed by atoms with E-state index >= 15 is 0 Å². The van der Waals surface area contributed by atoms with Gasteiger partial charge in [0.05, 0.1) is 26.7 Å². The maximum absolute atomic E-state index is 12.9. The molecule has 0 N–H and O–H groups in total. The molecule has 0 spiro atoms. The lowest BCUT2D eigenvalue weighted by Crippen LogP contribution is -2.66. The van der Waals surface area contributed by atoms with Crippen LogP contribution in [0.25, 0.3) is 0 Å². The summed E-state index contributed by atoms with van der Waals surface area (Å²) in [4.78, 5) is 38.5. The van der Waals surface area contributed by atoms with Crippen LogP contribution in [0.5, 0.6) is 0 Å². The number of hydrogen-bond donors (Lipinski definition) is 0. The van der Waals surface area contributed by atoms with E-state index in [0.29, 0.717) is 30.3 Å². The van der Waals surface area contributed by atoms with Crippen molar-refractivity contribution in [1.29, 1.82) is 0 Å². The van der Waals surface area contributed by atoms with Gasteiger partial charge in [-0.05, 0) is 66.2 Å². The van der Waals surface area contributed by atoms with Gasteiger partial charge in [-0.1, -0.05) is 154 Å². The fourth-order valence-corrected chi connectivity index (χ4v) is 9.46. The summed E-state index contributed by atoms with van der Waals surface area (Å²) in [6.07, 6.45) is 36.0. The van der Waals surface area contributed by atoms with Crippen LogP contribution in [-0.2, 0) is 37.9 Å². The summed E-state index contributed by atoms with van der Waals surface area (Å²) in [6.45, 7) is 11.8. The fourth-order valence-electron chi connectivity index (χ4n) is 8.73. The van der Waals surface area contributed by atoms with Crippen molar-refractivity contribution in [2.45, 2.75) is 257 Å². The molecule has 62 heavy (non-hydrogen) atoms. The summed E-state index contributed by atoms with van der Waals surface area (Å²) in [6, 6.07) is 0.126. The number of piperidine rings is 1. The Morgan fingerprint density at radius 2 is 1.05 bits per heavy atom.